The summed E-state index contributed by atoms with van der Waals surface area (Å²) in [6, 6.07) is 12.0. The van der Waals surface area contributed by atoms with Crippen molar-refractivity contribution < 1.29 is 24.2 Å². The molecular formula is C21H18ClNO5S2. The minimum Gasteiger partial charge on any atom is -0.490 e. The SMILES string of the molecule is CCOc1cc(/C=C2/SC(=S)N(c3cccc(Cl)c3)C2=O)ccc1OC(C)C(=O)O. The summed E-state index contributed by atoms with van der Waals surface area (Å²) in [4.78, 5) is 25.9. The summed E-state index contributed by atoms with van der Waals surface area (Å²) in [6.07, 6.45) is 0.681. The van der Waals surface area contributed by atoms with Gasteiger partial charge in [-0.1, -0.05) is 47.7 Å². The predicted octanol–water partition coefficient (Wildman–Crippen LogP) is 5.00. The van der Waals surface area contributed by atoms with Gasteiger partial charge in [0.15, 0.2) is 21.9 Å². The molecule has 1 unspecified atom stereocenters. The molecular weight excluding hydrogens is 446 g/mol. The van der Waals surface area contributed by atoms with Gasteiger partial charge in [-0.3, -0.25) is 9.69 Å². The second kappa shape index (κ2) is 9.51. The highest BCUT2D eigenvalue weighted by molar-refractivity contribution is 8.27. The van der Waals surface area contributed by atoms with Crippen molar-refractivity contribution in [2.45, 2.75) is 20.0 Å². The molecule has 0 aliphatic carbocycles. The molecule has 1 heterocycles. The maximum absolute atomic E-state index is 12.9. The van der Waals surface area contributed by atoms with E-state index in [0.717, 1.165) is 0 Å². The summed E-state index contributed by atoms with van der Waals surface area (Å²) in [5, 5.41) is 9.57. The first kappa shape index (κ1) is 22.1. The van der Waals surface area contributed by atoms with Gasteiger partial charge in [-0.2, -0.15) is 0 Å². The fourth-order valence-corrected chi connectivity index (χ4v) is 4.16. The monoisotopic (exact) mass is 463 g/mol. The highest BCUT2D eigenvalue weighted by Crippen LogP contribution is 2.38. The van der Waals surface area contributed by atoms with E-state index in [9.17, 15) is 9.59 Å². The normalized spacial score (nSPS) is 16.1. The maximum Gasteiger partial charge on any atom is 0.344 e. The average Bonchev–Trinajstić information content (AvgIpc) is 2.97. The molecule has 1 atom stereocenters. The summed E-state index contributed by atoms with van der Waals surface area (Å²) in [7, 11) is 0. The van der Waals surface area contributed by atoms with Crippen molar-refractivity contribution in [3.63, 3.8) is 0 Å². The number of carbonyl (C=O) groups is 2. The number of aliphatic carboxylic acids is 1. The molecule has 30 heavy (non-hydrogen) atoms. The van der Waals surface area contributed by atoms with Crippen molar-refractivity contribution in [3.8, 4) is 11.5 Å². The van der Waals surface area contributed by atoms with Gasteiger partial charge in [0.05, 0.1) is 17.2 Å². The van der Waals surface area contributed by atoms with Gasteiger partial charge in [-0.15, -0.1) is 0 Å². The van der Waals surface area contributed by atoms with Crippen molar-refractivity contribution in [2.24, 2.45) is 0 Å². The zero-order valence-electron chi connectivity index (χ0n) is 16.1. The van der Waals surface area contributed by atoms with Crippen LogP contribution in [0.25, 0.3) is 6.08 Å². The molecule has 0 radical (unpaired) electrons. The lowest BCUT2D eigenvalue weighted by Crippen LogP contribution is -2.27. The van der Waals surface area contributed by atoms with Gasteiger partial charge in [0, 0.05) is 5.02 Å². The third kappa shape index (κ3) is 4.95. The number of thiocarbonyl (C=S) groups is 1. The molecule has 3 rings (SSSR count). The van der Waals surface area contributed by atoms with Crippen LogP contribution in [0.3, 0.4) is 0 Å². The van der Waals surface area contributed by atoms with Crippen LogP contribution in [-0.4, -0.2) is 34.0 Å². The number of ether oxygens (including phenoxy) is 2. The van der Waals surface area contributed by atoms with Crippen molar-refractivity contribution >= 4 is 63.5 Å². The Morgan fingerprint density at radius 2 is 2.07 bits per heavy atom. The van der Waals surface area contributed by atoms with E-state index in [0.29, 0.717) is 43.6 Å². The number of hydrogen-bond donors (Lipinski definition) is 1. The minimum absolute atomic E-state index is 0.245. The number of halogens is 1. The number of rotatable bonds is 7. The molecule has 0 spiro atoms. The molecule has 0 saturated carbocycles. The van der Waals surface area contributed by atoms with Crippen LogP contribution in [0.4, 0.5) is 5.69 Å². The van der Waals surface area contributed by atoms with Gasteiger partial charge in [0.25, 0.3) is 5.91 Å². The summed E-state index contributed by atoms with van der Waals surface area (Å²) < 4.78 is 11.4. The number of nitrogens with zero attached hydrogens (tertiary/aromatic N) is 1. The Labute approximate surface area is 188 Å². The van der Waals surface area contributed by atoms with E-state index in [4.69, 9.17) is 38.4 Å². The predicted molar refractivity (Wildman–Crippen MR) is 122 cm³/mol. The van der Waals surface area contributed by atoms with Gasteiger partial charge >= 0.3 is 5.97 Å². The smallest absolute Gasteiger partial charge is 0.344 e. The molecule has 9 heteroatoms. The molecule has 2 aromatic rings. The van der Waals surface area contributed by atoms with Crippen molar-refractivity contribution in [2.75, 3.05) is 11.5 Å². The van der Waals surface area contributed by atoms with E-state index >= 15 is 0 Å². The first-order valence-corrected chi connectivity index (χ1v) is 10.6. The molecule has 6 nitrogen and oxygen atoms in total. The maximum atomic E-state index is 12.9. The van der Waals surface area contributed by atoms with Crippen molar-refractivity contribution in [1.82, 2.24) is 0 Å². The number of carboxylic acids is 1. The van der Waals surface area contributed by atoms with Crippen LogP contribution in [0.15, 0.2) is 47.4 Å². The fourth-order valence-electron chi connectivity index (χ4n) is 2.68. The van der Waals surface area contributed by atoms with E-state index in [2.05, 4.69) is 0 Å². The lowest BCUT2D eigenvalue weighted by Gasteiger charge is -2.15. The Balaban J connectivity index is 1.89. The van der Waals surface area contributed by atoms with Crippen LogP contribution >= 0.6 is 35.6 Å². The highest BCUT2D eigenvalue weighted by Gasteiger charge is 2.33. The van der Waals surface area contributed by atoms with E-state index in [1.165, 1.54) is 23.6 Å². The van der Waals surface area contributed by atoms with Crippen LogP contribution in [0, 0.1) is 0 Å². The molecule has 1 fully saturated rings. The van der Waals surface area contributed by atoms with Gasteiger partial charge in [0.1, 0.15) is 0 Å². The molecule has 156 valence electrons. The van der Waals surface area contributed by atoms with Crippen LogP contribution in [0.2, 0.25) is 5.02 Å². The Kier molecular flexibility index (Phi) is 7.02. The van der Waals surface area contributed by atoms with Crippen molar-refractivity contribution in [1.29, 1.82) is 0 Å². The lowest BCUT2D eigenvalue weighted by atomic mass is 10.1. The third-order valence-electron chi connectivity index (χ3n) is 4.08. The number of benzene rings is 2. The van der Waals surface area contributed by atoms with Crippen LogP contribution < -0.4 is 14.4 Å². The van der Waals surface area contributed by atoms with Gasteiger partial charge in [0.2, 0.25) is 0 Å². The van der Waals surface area contributed by atoms with Gasteiger partial charge in [-0.25, -0.2) is 4.79 Å². The summed E-state index contributed by atoms with van der Waals surface area (Å²) in [5.41, 5.74) is 1.30. The first-order valence-electron chi connectivity index (χ1n) is 9.00. The van der Waals surface area contributed by atoms with Gasteiger partial charge in [-0.05, 0) is 55.8 Å². The zero-order valence-corrected chi connectivity index (χ0v) is 18.5. The molecule has 1 N–H and O–H groups in total. The fraction of sp³-hybridized carbons (Fsp3) is 0.190. The molecule has 1 aliphatic heterocycles. The van der Waals surface area contributed by atoms with Crippen LogP contribution in [0.5, 0.6) is 11.5 Å². The summed E-state index contributed by atoms with van der Waals surface area (Å²) in [5.74, 6) is -0.615. The number of amides is 1. The average molecular weight is 464 g/mol. The number of anilines is 1. The van der Waals surface area contributed by atoms with Gasteiger partial charge < -0.3 is 14.6 Å². The zero-order chi connectivity index (χ0) is 21.8. The number of carboxylic acid groups (broad SMARTS) is 1. The molecule has 1 saturated heterocycles. The van der Waals surface area contributed by atoms with E-state index < -0.39 is 12.1 Å². The lowest BCUT2D eigenvalue weighted by molar-refractivity contribution is -0.144. The highest BCUT2D eigenvalue weighted by atomic mass is 35.5. The largest absolute Gasteiger partial charge is 0.490 e. The van der Waals surface area contributed by atoms with E-state index in [1.807, 2.05) is 6.92 Å². The van der Waals surface area contributed by atoms with E-state index in [1.54, 1.807) is 48.5 Å². The molecule has 1 amide bonds. The minimum atomic E-state index is -1.08. The Morgan fingerprint density at radius 1 is 1.30 bits per heavy atom. The number of carbonyl (C=O) groups excluding carboxylic acids is 1. The Morgan fingerprint density at radius 3 is 2.73 bits per heavy atom. The second-order valence-electron chi connectivity index (χ2n) is 6.23. The molecule has 0 bridgehead atoms. The van der Waals surface area contributed by atoms with Crippen LogP contribution in [0.1, 0.15) is 19.4 Å². The molecule has 0 aromatic heterocycles. The first-order chi connectivity index (χ1) is 14.3. The quantitative estimate of drug-likeness (QED) is 0.457. The number of thioether (sulfide) groups is 1. The third-order valence-corrected chi connectivity index (χ3v) is 5.61. The van der Waals surface area contributed by atoms with E-state index in [-0.39, 0.29) is 5.91 Å². The Hall–Kier alpha value is -2.55. The Bertz CT molecular complexity index is 1040. The summed E-state index contributed by atoms with van der Waals surface area (Å²) in [6.45, 7) is 3.62. The molecule has 2 aromatic carbocycles. The summed E-state index contributed by atoms with van der Waals surface area (Å²) >= 11 is 12.6. The standard InChI is InChI=1S/C21H18ClNO5S2/c1-3-27-17-9-13(7-8-16(17)28-12(2)20(25)26)10-18-19(24)23(21(29)30-18)15-6-4-5-14(22)11-15/h4-12H,3H2,1-2H3,(H,25,26)/b18-10+. The second-order valence-corrected chi connectivity index (χ2v) is 8.35. The van der Waals surface area contributed by atoms with Crippen LogP contribution in [-0.2, 0) is 9.59 Å². The number of hydrogen-bond acceptors (Lipinski definition) is 6. The van der Waals surface area contributed by atoms with Crippen molar-refractivity contribution in [3.05, 3.63) is 58.0 Å². The molecule has 1 aliphatic rings. The topological polar surface area (TPSA) is 76.1 Å².